The number of rotatable bonds is 16. The number of allylic oxidation sites excluding steroid dienone is 2. The smallest absolute Gasteiger partial charge is 1.00 e. The van der Waals surface area contributed by atoms with Crippen LogP contribution in [0.25, 0.3) is 0 Å². The van der Waals surface area contributed by atoms with E-state index < -0.39 is 0 Å². The molecule has 0 aromatic carbocycles. The first-order chi connectivity index (χ1) is 56.3. The zero-order chi connectivity index (χ0) is 86.0. The fourth-order valence-electron chi connectivity index (χ4n) is 41.3. The van der Waals surface area contributed by atoms with Gasteiger partial charge < -0.3 is 16.0 Å². The van der Waals surface area contributed by atoms with Gasteiger partial charge in [0.15, 0.2) is 0 Å². The first-order valence-corrected chi connectivity index (χ1v) is 53.4. The Bertz CT molecular complexity index is 3870. The van der Waals surface area contributed by atoms with E-state index >= 15 is 9.59 Å². The summed E-state index contributed by atoms with van der Waals surface area (Å²) >= 11 is 0. The van der Waals surface area contributed by atoms with Crippen molar-refractivity contribution in [3.8, 4) is 0 Å². The summed E-state index contributed by atoms with van der Waals surface area (Å²) in [5, 5.41) is 11.2. The number of aliphatic hydroxyl groups is 1. The molecule has 18 rings (SSSR count). The molecule has 0 aromatic rings. The number of carbonyl (C=O) groups excluding carboxylic acids is 3. The van der Waals surface area contributed by atoms with Crippen molar-refractivity contribution >= 4 is 26.1 Å². The molecular weight excluding hydrogens is 1520 g/mol. The second-order valence-corrected chi connectivity index (χ2v) is 54.2. The molecule has 0 heterocycles. The van der Waals surface area contributed by atoms with E-state index in [1.165, 1.54) is 199 Å². The third kappa shape index (κ3) is 15.0. The molecule has 35 atom stereocenters. The molecule has 16 saturated carbocycles. The average molecular weight is 1720 g/mol. The Hall–Kier alpha value is -0.885. The Labute approximate surface area is 790 Å². The molecule has 0 bridgehead atoms. The first kappa shape index (κ1) is 101. The average Bonchev–Trinajstić information content (AvgIpc) is 1.64. The molecule has 0 aromatic heterocycles. The first-order valence-electron chi connectivity index (χ1n) is 53.4. The summed E-state index contributed by atoms with van der Waals surface area (Å²) in [6.45, 7) is 60.8. The molecule has 3 radical (unpaired) electrons. The second kappa shape index (κ2) is 35.3. The Morgan fingerprint density at radius 2 is 0.798 bits per heavy atom. The van der Waals surface area contributed by atoms with Gasteiger partial charge in [-0.15, -0.1) is 0 Å². The maximum Gasteiger partial charge on any atom is 1.00 e. The molecule has 16 fully saturated rings. The summed E-state index contributed by atoms with van der Waals surface area (Å²) in [4.78, 5) is 43.8. The molecule has 18 aliphatic carbocycles. The van der Waals surface area contributed by atoms with Crippen molar-refractivity contribution in [3.63, 3.8) is 0 Å². The van der Waals surface area contributed by atoms with E-state index in [9.17, 15) is 9.90 Å². The number of fused-ring (bicyclic) bond motifs is 24. The Morgan fingerprint density at radius 1 is 0.403 bits per heavy atom. The second-order valence-electron chi connectivity index (χ2n) is 54.2. The van der Waals surface area contributed by atoms with Gasteiger partial charge in [-0.25, -0.2) is 0 Å². The standard InChI is InChI=1S/C57H94O3.C57H92O3.2CH4.B.Na.H/c2*1-35(2)14-13-15-37(5)42-18-19-43-41-17-16-38-34-39(22-27-52(38,8)44(41)24-28-53(42,43)9)60-50(59)57-31-23-40(36(3)4)49(57)45-20-21-47-54(10)29-26-48(58)51(6,7)46(54)25-30-56(47,12)55(45,11)32-33-57;;;;;/h16,35-37,39-49,58H,13-15,17-34H2,1-12H3;16,35-37,39-47,49H,13-15,17-34H2,1-12H3;2*1H4;;;/q;;;;;+1;-1/t37-,39-,40+,41+,42-,43+,44+,45-,46?,47-,48-,49?,52+,53-,54+,55-,56-,57+;37-,39-,40+,41+,42-,43+,44+,45-,46?,47-,49?,52+,53-,54+,55-,56-,57+;;;;;/m11...../s1. The van der Waals surface area contributed by atoms with Crippen molar-refractivity contribution in [2.45, 2.75) is 469 Å². The molecule has 124 heavy (non-hydrogen) atoms. The number of ketones is 1. The van der Waals surface area contributed by atoms with E-state index in [1.807, 2.05) is 0 Å². The van der Waals surface area contributed by atoms with Crippen LogP contribution in [0, 0.1) is 218 Å². The Morgan fingerprint density at radius 3 is 1.21 bits per heavy atom. The molecule has 1 N–H and O–H groups in total. The molecule has 4 unspecified atom stereocenters. The van der Waals surface area contributed by atoms with Gasteiger partial charge in [0.05, 0.1) is 16.9 Å². The molecule has 8 heteroatoms. The minimum absolute atomic E-state index is 0. The summed E-state index contributed by atoms with van der Waals surface area (Å²) in [6, 6.07) is 0. The number of ether oxygens (including phenoxy) is 2. The van der Waals surface area contributed by atoms with Gasteiger partial charge in [0.1, 0.15) is 18.0 Å². The van der Waals surface area contributed by atoms with E-state index in [4.69, 9.17) is 9.47 Å². The van der Waals surface area contributed by atoms with Gasteiger partial charge in [-0.2, -0.15) is 0 Å². The monoisotopic (exact) mass is 1720 g/mol. The summed E-state index contributed by atoms with van der Waals surface area (Å²) in [5.74, 6) is 18.1. The third-order valence-electron chi connectivity index (χ3n) is 48.3. The summed E-state index contributed by atoms with van der Waals surface area (Å²) < 4.78 is 14.0. The minimum atomic E-state index is -0.311. The van der Waals surface area contributed by atoms with Crippen LogP contribution in [0.15, 0.2) is 23.3 Å². The number of carbonyl (C=O) groups is 3. The van der Waals surface area contributed by atoms with Gasteiger partial charge in [0, 0.05) is 33.1 Å². The largest absolute Gasteiger partial charge is 1.00 e. The van der Waals surface area contributed by atoms with Crippen LogP contribution in [0.2, 0.25) is 0 Å². The maximum atomic E-state index is 15.3. The molecule has 0 amide bonds. The normalized spacial score (nSPS) is 49.9. The van der Waals surface area contributed by atoms with Crippen LogP contribution in [-0.2, 0) is 23.9 Å². The molecule has 0 saturated heterocycles. The third-order valence-corrected chi connectivity index (χ3v) is 48.3. The van der Waals surface area contributed by atoms with Gasteiger partial charge >= 0.3 is 41.5 Å². The fraction of sp³-hybridized carbons (Fsp3) is 0.940. The van der Waals surface area contributed by atoms with Gasteiger partial charge in [-0.1, -0.05) is 243 Å². The zero-order valence-electron chi connectivity index (χ0n) is 85.0. The Balaban J connectivity index is 0.000000219. The van der Waals surface area contributed by atoms with E-state index in [0.29, 0.717) is 87.6 Å². The minimum Gasteiger partial charge on any atom is -1.00 e. The molecule has 0 spiro atoms. The van der Waals surface area contributed by atoms with Crippen molar-refractivity contribution in [1.82, 2.24) is 0 Å². The number of hydrogen-bond acceptors (Lipinski definition) is 6. The number of esters is 2. The van der Waals surface area contributed by atoms with Crippen LogP contribution in [0.3, 0.4) is 0 Å². The van der Waals surface area contributed by atoms with E-state index in [0.717, 1.165) is 142 Å². The number of hydrogen-bond donors (Lipinski definition) is 1. The molecule has 6 nitrogen and oxygen atoms in total. The quantitative estimate of drug-likeness (QED) is 0.0941. The molecule has 699 valence electrons. The van der Waals surface area contributed by atoms with Gasteiger partial charge in [0.25, 0.3) is 0 Å². The predicted octanol–water partition coefficient (Wildman–Crippen LogP) is 28.3. The zero-order valence-corrected chi connectivity index (χ0v) is 86.0. The molecule has 18 aliphatic rings. The van der Waals surface area contributed by atoms with Crippen molar-refractivity contribution in [3.05, 3.63) is 23.3 Å². The van der Waals surface area contributed by atoms with Crippen LogP contribution in [-0.4, -0.2) is 49.6 Å². The van der Waals surface area contributed by atoms with Crippen molar-refractivity contribution in [1.29, 1.82) is 0 Å². The maximum absolute atomic E-state index is 15.3. The van der Waals surface area contributed by atoms with Crippen molar-refractivity contribution in [2.24, 2.45) is 218 Å². The van der Waals surface area contributed by atoms with E-state index in [2.05, 4.69) is 178 Å². The van der Waals surface area contributed by atoms with Crippen LogP contribution in [0.4, 0.5) is 0 Å². The van der Waals surface area contributed by atoms with Gasteiger partial charge in [-0.05, 0) is 413 Å². The molecule has 0 aliphatic heterocycles. The van der Waals surface area contributed by atoms with Crippen LogP contribution >= 0.6 is 0 Å². The van der Waals surface area contributed by atoms with Gasteiger partial charge in [-0.3, -0.25) is 14.4 Å². The van der Waals surface area contributed by atoms with Gasteiger partial charge in [0.2, 0.25) is 0 Å². The molecular formula is C116H195BNaO6. The predicted molar refractivity (Wildman–Crippen MR) is 515 cm³/mol. The van der Waals surface area contributed by atoms with Crippen molar-refractivity contribution < 1.29 is 59.9 Å². The Kier molecular flexibility index (Phi) is 28.7. The summed E-state index contributed by atoms with van der Waals surface area (Å²) in [7, 11) is 0. The number of Topliss-reactive ketones (excluding diaryl/α,β-unsaturated/α-hetero) is 1. The fourth-order valence-corrected chi connectivity index (χ4v) is 41.3. The van der Waals surface area contributed by atoms with E-state index in [1.54, 1.807) is 11.1 Å². The van der Waals surface area contributed by atoms with Crippen LogP contribution in [0.1, 0.15) is 452 Å². The van der Waals surface area contributed by atoms with Crippen molar-refractivity contribution in [2.75, 3.05) is 0 Å². The number of aliphatic hydroxyl groups excluding tert-OH is 1. The van der Waals surface area contributed by atoms with E-state index in [-0.39, 0.29) is 149 Å². The summed E-state index contributed by atoms with van der Waals surface area (Å²) in [6.07, 6.45) is 57.2. The topological polar surface area (TPSA) is 89.9 Å². The summed E-state index contributed by atoms with van der Waals surface area (Å²) in [5.41, 5.74) is 5.61. The van der Waals surface area contributed by atoms with Crippen LogP contribution < -0.4 is 29.6 Å². The SMILES string of the molecule is C.C.CC(C)CCC[C@@H](C)[C@H]1CC[C@H]2[C@@H]3CC=C4C[C@H](OC(=O)[C@]56CC[C@@H](C(C)C)C5[C@H]5CC[C@@H]7[C@@]8(C)CCC(=O)C(C)(C)C8CC[C@@]7(C)[C@]5(C)CC6)CC[C@]4(C)[C@H]3CC[C@]12C.CC(C)CCC[C@@H](C)[C@H]1CC[C@H]2[C@@H]3CC=C4C[C@H](OC(=O)[C@]56CC[C@@H](C(C)C)C5[C@H]5CC[C@@H]7[C@@]8(C)CC[C@@H](O)C(C)(C)C8CC[C@@]7(C)[C@]5(C)CC6)CC[C@]4(C)[C@H]3CC[C@]12C.[B].[H-].[Na+]. The van der Waals surface area contributed by atoms with Crippen LogP contribution in [0.5, 0.6) is 0 Å².